The van der Waals surface area contributed by atoms with E-state index in [4.69, 9.17) is 9.47 Å². The second-order valence-corrected chi connectivity index (χ2v) is 3.25. The first-order chi connectivity index (χ1) is 7.61. The van der Waals surface area contributed by atoms with E-state index in [0.29, 0.717) is 6.42 Å². The number of ether oxygens (including phenoxy) is 2. The SMILES string of the molecule is C=CC(=O)NCC(=O)OC1CCOC(=O)C1. The van der Waals surface area contributed by atoms with Gasteiger partial charge in [-0.15, -0.1) is 0 Å². The van der Waals surface area contributed by atoms with Crippen molar-refractivity contribution in [1.82, 2.24) is 5.32 Å². The van der Waals surface area contributed by atoms with E-state index in [1.165, 1.54) is 0 Å². The summed E-state index contributed by atoms with van der Waals surface area (Å²) < 4.78 is 9.66. The molecule has 0 aromatic heterocycles. The van der Waals surface area contributed by atoms with Crippen LogP contribution >= 0.6 is 0 Å². The largest absolute Gasteiger partial charge is 0.465 e. The van der Waals surface area contributed by atoms with Gasteiger partial charge in [-0.2, -0.15) is 0 Å². The molecule has 1 aliphatic heterocycles. The van der Waals surface area contributed by atoms with Gasteiger partial charge in [0.1, 0.15) is 12.6 Å². The van der Waals surface area contributed by atoms with E-state index in [1.807, 2.05) is 0 Å². The first-order valence-electron chi connectivity index (χ1n) is 4.87. The molecule has 0 saturated carbocycles. The Bertz CT molecular complexity index is 312. The highest BCUT2D eigenvalue weighted by molar-refractivity contribution is 5.89. The van der Waals surface area contributed by atoms with Gasteiger partial charge in [-0.3, -0.25) is 14.4 Å². The van der Waals surface area contributed by atoms with E-state index in [-0.39, 0.29) is 25.5 Å². The van der Waals surface area contributed by atoms with Crippen LogP contribution in [0.25, 0.3) is 0 Å². The van der Waals surface area contributed by atoms with Gasteiger partial charge < -0.3 is 14.8 Å². The van der Waals surface area contributed by atoms with E-state index in [9.17, 15) is 14.4 Å². The summed E-state index contributed by atoms with van der Waals surface area (Å²) in [5.74, 6) is -1.39. The molecule has 0 spiro atoms. The lowest BCUT2D eigenvalue weighted by Gasteiger charge is -2.21. The summed E-state index contributed by atoms with van der Waals surface area (Å²) in [6.45, 7) is 3.27. The van der Waals surface area contributed by atoms with Crippen LogP contribution < -0.4 is 5.32 Å². The van der Waals surface area contributed by atoms with Crippen LogP contribution in [-0.4, -0.2) is 37.1 Å². The minimum atomic E-state index is -0.574. The zero-order chi connectivity index (χ0) is 12.0. The maximum absolute atomic E-state index is 11.2. The van der Waals surface area contributed by atoms with Crippen molar-refractivity contribution < 1.29 is 23.9 Å². The van der Waals surface area contributed by atoms with Crippen LogP contribution in [0.15, 0.2) is 12.7 Å². The number of nitrogens with one attached hydrogen (secondary N) is 1. The van der Waals surface area contributed by atoms with Crippen LogP contribution in [0, 0.1) is 0 Å². The molecule has 88 valence electrons. The number of amides is 1. The molecule has 1 aliphatic rings. The predicted molar refractivity (Wildman–Crippen MR) is 53.3 cm³/mol. The summed E-state index contributed by atoms with van der Waals surface area (Å²) >= 11 is 0. The molecule has 16 heavy (non-hydrogen) atoms. The number of rotatable bonds is 4. The highest BCUT2D eigenvalue weighted by Crippen LogP contribution is 2.11. The van der Waals surface area contributed by atoms with Crippen molar-refractivity contribution in [3.63, 3.8) is 0 Å². The lowest BCUT2D eigenvalue weighted by Crippen LogP contribution is -2.34. The van der Waals surface area contributed by atoms with Crippen LogP contribution in [0.1, 0.15) is 12.8 Å². The zero-order valence-electron chi connectivity index (χ0n) is 8.73. The molecule has 0 aromatic carbocycles. The highest BCUT2D eigenvalue weighted by atomic mass is 16.6. The molecule has 1 saturated heterocycles. The molecule has 1 rings (SSSR count). The van der Waals surface area contributed by atoms with Gasteiger partial charge in [0.15, 0.2) is 0 Å². The van der Waals surface area contributed by atoms with Crippen molar-refractivity contribution in [2.45, 2.75) is 18.9 Å². The topological polar surface area (TPSA) is 81.7 Å². The Labute approximate surface area is 92.6 Å². The van der Waals surface area contributed by atoms with Crippen LogP contribution in [0.5, 0.6) is 0 Å². The molecule has 1 amide bonds. The van der Waals surface area contributed by atoms with E-state index in [1.54, 1.807) is 0 Å². The molecule has 0 bridgehead atoms. The van der Waals surface area contributed by atoms with Crippen molar-refractivity contribution in [2.75, 3.05) is 13.2 Å². The van der Waals surface area contributed by atoms with Gasteiger partial charge >= 0.3 is 11.9 Å². The quantitative estimate of drug-likeness (QED) is 0.519. The second kappa shape index (κ2) is 5.89. The van der Waals surface area contributed by atoms with Crippen molar-refractivity contribution in [2.24, 2.45) is 0 Å². The van der Waals surface area contributed by atoms with Crippen LogP contribution in [0.4, 0.5) is 0 Å². The lowest BCUT2D eigenvalue weighted by atomic mass is 10.1. The van der Waals surface area contributed by atoms with Gasteiger partial charge in [-0.1, -0.05) is 6.58 Å². The summed E-state index contributed by atoms with van der Waals surface area (Å²) in [5.41, 5.74) is 0. The van der Waals surface area contributed by atoms with Gasteiger partial charge in [0.05, 0.1) is 13.0 Å². The van der Waals surface area contributed by atoms with E-state index in [2.05, 4.69) is 11.9 Å². The van der Waals surface area contributed by atoms with Gasteiger partial charge in [0.25, 0.3) is 0 Å². The van der Waals surface area contributed by atoms with Crippen LogP contribution in [0.2, 0.25) is 0 Å². The second-order valence-electron chi connectivity index (χ2n) is 3.25. The first kappa shape index (κ1) is 12.2. The molecular weight excluding hydrogens is 214 g/mol. The Kier molecular flexibility index (Phi) is 4.50. The fourth-order valence-electron chi connectivity index (χ4n) is 1.21. The fourth-order valence-corrected chi connectivity index (χ4v) is 1.21. The van der Waals surface area contributed by atoms with Gasteiger partial charge in [0, 0.05) is 6.42 Å². The molecule has 6 heteroatoms. The summed E-state index contributed by atoms with van der Waals surface area (Å²) in [4.78, 5) is 32.8. The smallest absolute Gasteiger partial charge is 0.325 e. The number of cyclic esters (lactones) is 1. The lowest BCUT2D eigenvalue weighted by molar-refractivity contribution is -0.162. The molecule has 0 aromatic rings. The maximum atomic E-state index is 11.2. The van der Waals surface area contributed by atoms with Gasteiger partial charge in [0.2, 0.25) is 5.91 Å². The highest BCUT2D eigenvalue weighted by Gasteiger charge is 2.23. The van der Waals surface area contributed by atoms with Gasteiger partial charge in [-0.25, -0.2) is 0 Å². The number of hydrogen-bond acceptors (Lipinski definition) is 5. The molecule has 6 nitrogen and oxygen atoms in total. The summed E-state index contributed by atoms with van der Waals surface area (Å²) in [5, 5.41) is 2.29. The van der Waals surface area contributed by atoms with Crippen molar-refractivity contribution in [3.8, 4) is 0 Å². The minimum Gasteiger partial charge on any atom is -0.465 e. The van der Waals surface area contributed by atoms with Gasteiger partial charge in [-0.05, 0) is 6.08 Å². The monoisotopic (exact) mass is 227 g/mol. The Morgan fingerprint density at radius 1 is 1.62 bits per heavy atom. The minimum absolute atomic E-state index is 0.0706. The molecule has 1 fully saturated rings. The first-order valence-corrected chi connectivity index (χ1v) is 4.87. The van der Waals surface area contributed by atoms with Crippen LogP contribution in [0.3, 0.4) is 0 Å². The molecule has 1 atom stereocenters. The number of esters is 2. The van der Waals surface area contributed by atoms with E-state index >= 15 is 0 Å². The normalized spacial score (nSPS) is 19.5. The average molecular weight is 227 g/mol. The molecule has 1 heterocycles. The van der Waals surface area contributed by atoms with E-state index < -0.39 is 18.0 Å². The van der Waals surface area contributed by atoms with Crippen molar-refractivity contribution in [3.05, 3.63) is 12.7 Å². The Morgan fingerprint density at radius 3 is 3.00 bits per heavy atom. The fraction of sp³-hybridized carbons (Fsp3) is 0.500. The standard InChI is InChI=1S/C10H13NO5/c1-2-8(12)11-6-10(14)16-7-3-4-15-9(13)5-7/h2,7H,1,3-6H2,(H,11,12). The molecule has 0 radical (unpaired) electrons. The molecule has 0 aliphatic carbocycles. The van der Waals surface area contributed by atoms with Crippen molar-refractivity contribution in [1.29, 1.82) is 0 Å². The Hall–Kier alpha value is -1.85. The number of hydrogen-bond donors (Lipinski definition) is 1. The van der Waals surface area contributed by atoms with Crippen LogP contribution in [-0.2, 0) is 23.9 Å². The molecule has 1 unspecified atom stereocenters. The number of carbonyl (C=O) groups is 3. The predicted octanol–water partition coefficient (Wildman–Crippen LogP) is -0.463. The van der Waals surface area contributed by atoms with E-state index in [0.717, 1.165) is 6.08 Å². The molecule has 1 N–H and O–H groups in total. The van der Waals surface area contributed by atoms with Crippen molar-refractivity contribution >= 4 is 17.8 Å². The third-order valence-corrected chi connectivity index (χ3v) is 1.99. The third kappa shape index (κ3) is 4.12. The third-order valence-electron chi connectivity index (χ3n) is 1.99. The number of carbonyl (C=O) groups excluding carboxylic acids is 3. The Morgan fingerprint density at radius 2 is 2.38 bits per heavy atom. The average Bonchev–Trinajstić information content (AvgIpc) is 2.26. The maximum Gasteiger partial charge on any atom is 0.325 e. The summed E-state index contributed by atoms with van der Waals surface area (Å²) in [6.07, 6.45) is 1.17. The Balaban J connectivity index is 2.25. The summed E-state index contributed by atoms with van der Waals surface area (Å²) in [7, 11) is 0. The zero-order valence-corrected chi connectivity index (χ0v) is 8.73. The summed E-state index contributed by atoms with van der Waals surface area (Å²) in [6, 6.07) is 0. The molecular formula is C10H13NO5.